The van der Waals surface area contributed by atoms with Gasteiger partial charge in [-0.3, -0.25) is 14.4 Å². The van der Waals surface area contributed by atoms with Gasteiger partial charge in [0.2, 0.25) is 11.8 Å². The van der Waals surface area contributed by atoms with Crippen LogP contribution in [0.15, 0.2) is 54.0 Å². The van der Waals surface area contributed by atoms with E-state index < -0.39 is 23.6 Å². The van der Waals surface area contributed by atoms with Crippen molar-refractivity contribution in [2.24, 2.45) is 5.41 Å². The highest BCUT2D eigenvalue weighted by molar-refractivity contribution is 7.13. The molecule has 3 atom stereocenters. The Morgan fingerprint density at radius 3 is 2.51 bits per heavy atom. The van der Waals surface area contributed by atoms with Gasteiger partial charge in [0.1, 0.15) is 12.1 Å². The summed E-state index contributed by atoms with van der Waals surface area (Å²) in [5.41, 5.74) is 5.72. The molecule has 2 aromatic carbocycles. The molecule has 2 aliphatic heterocycles. The number of fused-ring (bicyclic) bond motifs is 1. The van der Waals surface area contributed by atoms with Crippen LogP contribution in [0.1, 0.15) is 54.4 Å². The number of thiazole rings is 1. The van der Waals surface area contributed by atoms with E-state index in [-0.39, 0.29) is 30.7 Å². The normalized spacial score (nSPS) is 19.8. The van der Waals surface area contributed by atoms with Crippen molar-refractivity contribution in [2.45, 2.75) is 65.4 Å². The van der Waals surface area contributed by atoms with E-state index >= 15 is 0 Å². The van der Waals surface area contributed by atoms with Crippen molar-refractivity contribution in [3.05, 3.63) is 76.4 Å². The molecule has 0 saturated carbocycles. The van der Waals surface area contributed by atoms with E-state index in [1.54, 1.807) is 22.3 Å². The Morgan fingerprint density at radius 2 is 1.87 bits per heavy atom. The fourth-order valence-corrected chi connectivity index (χ4v) is 6.39. The molecule has 1 saturated heterocycles. The minimum Gasteiger partial charge on any atom is -0.391 e. The van der Waals surface area contributed by atoms with E-state index in [1.165, 1.54) is 4.90 Å². The van der Waals surface area contributed by atoms with Crippen LogP contribution < -0.4 is 5.32 Å². The third kappa shape index (κ3) is 5.33. The lowest BCUT2D eigenvalue weighted by molar-refractivity contribution is -0.145. The standard InChI is InChI=1S/C30H34N4O4S/c1-18-25(39-17-32-18)20-11-9-19(10-12-20)14-31-27(36)24-13-22(35)16-33(24)29(38)26(30(2,3)4)34-15-21-7-5-6-8-23(21)28(34)37/h5-12,17,22,24,26,35H,13-16H2,1-4H3,(H,31,36)/t22-,24+,26?/m1/s1. The molecule has 0 bridgehead atoms. The Morgan fingerprint density at radius 1 is 1.15 bits per heavy atom. The monoisotopic (exact) mass is 546 g/mol. The number of aliphatic hydroxyl groups is 1. The molecule has 0 aliphatic carbocycles. The molecule has 39 heavy (non-hydrogen) atoms. The molecule has 2 N–H and O–H groups in total. The van der Waals surface area contributed by atoms with E-state index in [9.17, 15) is 19.5 Å². The van der Waals surface area contributed by atoms with Crippen molar-refractivity contribution in [1.29, 1.82) is 0 Å². The van der Waals surface area contributed by atoms with Crippen LogP contribution in [0.3, 0.4) is 0 Å². The number of nitrogens with one attached hydrogen (secondary N) is 1. The minimum atomic E-state index is -0.809. The van der Waals surface area contributed by atoms with Gasteiger partial charge in [0.15, 0.2) is 0 Å². The number of aliphatic hydroxyl groups excluding tert-OH is 1. The molecule has 3 heterocycles. The molecule has 8 nitrogen and oxygen atoms in total. The molecule has 204 valence electrons. The topological polar surface area (TPSA) is 103 Å². The quantitative estimate of drug-likeness (QED) is 0.490. The lowest BCUT2D eigenvalue weighted by Crippen LogP contribution is -2.57. The van der Waals surface area contributed by atoms with Crippen molar-refractivity contribution in [3.8, 4) is 10.4 Å². The van der Waals surface area contributed by atoms with Crippen LogP contribution in [0.2, 0.25) is 0 Å². The third-order valence-corrected chi connectivity index (χ3v) is 8.49. The zero-order valence-electron chi connectivity index (χ0n) is 22.7. The maximum Gasteiger partial charge on any atom is 0.255 e. The van der Waals surface area contributed by atoms with Gasteiger partial charge in [0, 0.05) is 31.6 Å². The maximum absolute atomic E-state index is 14.0. The van der Waals surface area contributed by atoms with Crippen LogP contribution in [0.5, 0.6) is 0 Å². The highest BCUT2D eigenvalue weighted by Crippen LogP contribution is 2.35. The van der Waals surface area contributed by atoms with Crippen molar-refractivity contribution in [3.63, 3.8) is 0 Å². The molecule has 1 unspecified atom stereocenters. The molecule has 0 spiro atoms. The predicted molar refractivity (Wildman–Crippen MR) is 150 cm³/mol. The van der Waals surface area contributed by atoms with Crippen molar-refractivity contribution < 1.29 is 19.5 Å². The van der Waals surface area contributed by atoms with E-state index in [4.69, 9.17) is 0 Å². The van der Waals surface area contributed by atoms with Crippen LogP contribution in [-0.4, -0.2) is 62.3 Å². The summed E-state index contributed by atoms with van der Waals surface area (Å²) in [5.74, 6) is -0.813. The average molecular weight is 547 g/mol. The maximum atomic E-state index is 14.0. The van der Waals surface area contributed by atoms with Gasteiger partial charge in [0.05, 0.1) is 22.2 Å². The molecule has 5 rings (SSSR count). The molecule has 1 fully saturated rings. The van der Waals surface area contributed by atoms with Crippen molar-refractivity contribution in [2.75, 3.05) is 6.54 Å². The molecule has 0 radical (unpaired) electrons. The summed E-state index contributed by atoms with van der Waals surface area (Å²) in [7, 11) is 0. The fourth-order valence-electron chi connectivity index (χ4n) is 5.58. The Kier molecular flexibility index (Phi) is 7.31. The molecule has 3 amide bonds. The highest BCUT2D eigenvalue weighted by Gasteiger charge is 2.48. The number of amides is 3. The number of carbonyl (C=O) groups is 3. The summed E-state index contributed by atoms with van der Waals surface area (Å²) in [6, 6.07) is 13.7. The van der Waals surface area contributed by atoms with Crippen LogP contribution in [0.4, 0.5) is 0 Å². The first-order valence-corrected chi connectivity index (χ1v) is 14.1. The number of aryl methyl sites for hydroxylation is 1. The Bertz CT molecular complexity index is 1390. The predicted octanol–water partition coefficient (Wildman–Crippen LogP) is 3.77. The molecule has 1 aromatic heterocycles. The second-order valence-corrected chi connectivity index (χ2v) is 12.3. The molecular formula is C30H34N4O4S. The van der Waals surface area contributed by atoms with Gasteiger partial charge in [-0.15, -0.1) is 11.3 Å². The largest absolute Gasteiger partial charge is 0.391 e. The Labute approximate surface area is 232 Å². The lowest BCUT2D eigenvalue weighted by atomic mass is 9.84. The smallest absolute Gasteiger partial charge is 0.255 e. The van der Waals surface area contributed by atoms with Crippen molar-refractivity contribution in [1.82, 2.24) is 20.1 Å². The van der Waals surface area contributed by atoms with Crippen LogP contribution >= 0.6 is 11.3 Å². The average Bonchev–Trinajstić information content (AvgIpc) is 3.59. The molecular weight excluding hydrogens is 512 g/mol. The number of β-amino-alcohol motifs (C(OH)–C–C–N with tert-alkyl or cyclic N) is 1. The number of hydrogen-bond donors (Lipinski definition) is 2. The number of nitrogens with zero attached hydrogens (tertiary/aromatic N) is 3. The second kappa shape index (κ2) is 10.5. The van der Waals surface area contributed by atoms with Crippen LogP contribution in [0, 0.1) is 12.3 Å². The summed E-state index contributed by atoms with van der Waals surface area (Å²) in [4.78, 5) is 49.1. The molecule has 3 aromatic rings. The second-order valence-electron chi connectivity index (χ2n) is 11.4. The van der Waals surface area contributed by atoms with Gasteiger partial charge >= 0.3 is 0 Å². The van der Waals surface area contributed by atoms with E-state index in [0.717, 1.165) is 27.3 Å². The first-order valence-electron chi connectivity index (χ1n) is 13.2. The van der Waals surface area contributed by atoms with Crippen LogP contribution in [-0.2, 0) is 22.7 Å². The summed E-state index contributed by atoms with van der Waals surface area (Å²) < 4.78 is 0. The first kappa shape index (κ1) is 27.0. The fraction of sp³-hybridized carbons (Fsp3) is 0.400. The SMILES string of the molecule is Cc1ncsc1-c1ccc(CNC(=O)[C@@H]2C[C@@H](O)CN2C(=O)C(N2Cc3ccccc3C2=O)C(C)(C)C)cc1. The Balaban J connectivity index is 1.30. The molecule has 9 heteroatoms. The van der Waals surface area contributed by atoms with E-state index in [1.807, 2.05) is 75.7 Å². The number of carbonyl (C=O) groups excluding carboxylic acids is 3. The number of rotatable bonds is 6. The number of hydrogen-bond acceptors (Lipinski definition) is 6. The summed E-state index contributed by atoms with van der Waals surface area (Å²) >= 11 is 1.59. The van der Waals surface area contributed by atoms with E-state index in [2.05, 4.69) is 10.3 Å². The summed E-state index contributed by atoms with van der Waals surface area (Å²) in [6.45, 7) is 8.44. The van der Waals surface area contributed by atoms with Gasteiger partial charge in [-0.1, -0.05) is 63.2 Å². The zero-order chi connectivity index (χ0) is 27.9. The summed E-state index contributed by atoms with van der Waals surface area (Å²) in [5, 5.41) is 13.4. The van der Waals surface area contributed by atoms with Crippen molar-refractivity contribution >= 4 is 29.1 Å². The van der Waals surface area contributed by atoms with E-state index in [0.29, 0.717) is 18.7 Å². The minimum absolute atomic E-state index is 0.0569. The zero-order valence-corrected chi connectivity index (χ0v) is 23.5. The highest BCUT2D eigenvalue weighted by atomic mass is 32.1. The van der Waals surface area contributed by atoms with Gasteiger partial charge < -0.3 is 20.2 Å². The lowest BCUT2D eigenvalue weighted by Gasteiger charge is -2.40. The first-order chi connectivity index (χ1) is 18.5. The Hall–Kier alpha value is -3.56. The van der Waals surface area contributed by atoms with Crippen LogP contribution in [0.25, 0.3) is 10.4 Å². The van der Waals surface area contributed by atoms with Gasteiger partial charge in [-0.25, -0.2) is 4.98 Å². The van der Waals surface area contributed by atoms with Gasteiger partial charge in [-0.2, -0.15) is 0 Å². The number of aromatic nitrogens is 1. The summed E-state index contributed by atoms with van der Waals surface area (Å²) in [6.07, 6.45) is -0.648. The van der Waals surface area contributed by atoms with Gasteiger partial charge in [0.25, 0.3) is 5.91 Å². The van der Waals surface area contributed by atoms with Gasteiger partial charge in [-0.05, 0) is 35.1 Å². The number of likely N-dealkylation sites (tertiary alicyclic amines) is 1. The number of benzene rings is 2. The molecule has 2 aliphatic rings. The third-order valence-electron chi connectivity index (χ3n) is 7.51.